The molecule has 0 heterocycles. The summed E-state index contributed by atoms with van der Waals surface area (Å²) in [5, 5.41) is 5.03. The van der Waals surface area contributed by atoms with Crippen LogP contribution in [0, 0.1) is 0 Å². The van der Waals surface area contributed by atoms with Gasteiger partial charge in [-0.3, -0.25) is 9.00 Å². The summed E-state index contributed by atoms with van der Waals surface area (Å²) in [5.41, 5.74) is 0. The average molecular weight is 264 g/mol. The summed E-state index contributed by atoms with van der Waals surface area (Å²) >= 11 is 0. The van der Waals surface area contributed by atoms with Gasteiger partial charge in [-0.2, -0.15) is 0 Å². The van der Waals surface area contributed by atoms with Gasteiger partial charge >= 0.3 is 12.0 Å². The maximum atomic E-state index is 11.3. The van der Waals surface area contributed by atoms with Gasteiger partial charge in [-0.05, 0) is 20.3 Å². The minimum atomic E-state index is -0.861. The van der Waals surface area contributed by atoms with E-state index in [0.717, 1.165) is 0 Å². The van der Waals surface area contributed by atoms with E-state index in [-0.39, 0.29) is 12.6 Å². The lowest BCUT2D eigenvalue weighted by Gasteiger charge is -2.13. The molecule has 100 valence electrons. The molecule has 7 heteroatoms. The van der Waals surface area contributed by atoms with E-state index in [2.05, 4.69) is 15.4 Å². The van der Waals surface area contributed by atoms with Crippen LogP contribution in [0.3, 0.4) is 0 Å². The molecule has 0 bridgehead atoms. The highest BCUT2D eigenvalue weighted by atomic mass is 32.2. The van der Waals surface area contributed by atoms with Crippen LogP contribution in [0.2, 0.25) is 0 Å². The minimum Gasteiger partial charge on any atom is -0.465 e. The summed E-state index contributed by atoms with van der Waals surface area (Å²) in [6.45, 7) is 3.66. The third-order valence-electron chi connectivity index (χ3n) is 1.91. The van der Waals surface area contributed by atoms with Crippen molar-refractivity contribution in [1.82, 2.24) is 10.6 Å². The van der Waals surface area contributed by atoms with Gasteiger partial charge in [-0.25, -0.2) is 4.79 Å². The number of hydrogen-bond donors (Lipinski definition) is 2. The van der Waals surface area contributed by atoms with E-state index < -0.39 is 22.8 Å². The minimum absolute atomic E-state index is 0.0823. The summed E-state index contributed by atoms with van der Waals surface area (Å²) in [6, 6.07) is -0.506. The molecule has 0 fully saturated rings. The second-order valence-electron chi connectivity index (χ2n) is 3.60. The van der Waals surface area contributed by atoms with Crippen molar-refractivity contribution in [3.05, 3.63) is 0 Å². The molecule has 0 aromatic carbocycles. The van der Waals surface area contributed by atoms with Gasteiger partial charge in [-0.1, -0.05) is 0 Å². The molecular formula is C10H20N2O4S. The first-order chi connectivity index (χ1) is 7.95. The fourth-order valence-electron chi connectivity index (χ4n) is 1.05. The lowest BCUT2D eigenvalue weighted by molar-refractivity contribution is -0.141. The zero-order valence-electron chi connectivity index (χ0n) is 10.4. The SMILES string of the molecule is CCOC(=O)CNC(=O)NC(C)CCS(C)=O. The summed E-state index contributed by atoms with van der Waals surface area (Å²) in [7, 11) is -0.861. The Morgan fingerprint density at radius 1 is 1.41 bits per heavy atom. The fourth-order valence-corrected chi connectivity index (χ4v) is 1.74. The van der Waals surface area contributed by atoms with Crippen molar-refractivity contribution in [2.24, 2.45) is 0 Å². The molecule has 0 aromatic heterocycles. The van der Waals surface area contributed by atoms with E-state index in [1.807, 2.05) is 6.92 Å². The summed E-state index contributed by atoms with van der Waals surface area (Å²) < 4.78 is 15.5. The molecule has 0 aliphatic carbocycles. The van der Waals surface area contributed by atoms with E-state index in [1.165, 1.54) is 0 Å². The van der Waals surface area contributed by atoms with Crippen LogP contribution in [-0.4, -0.2) is 47.4 Å². The molecule has 2 unspecified atom stereocenters. The molecule has 0 saturated heterocycles. The Balaban J connectivity index is 3.70. The number of esters is 1. The highest BCUT2D eigenvalue weighted by Gasteiger charge is 2.09. The Morgan fingerprint density at radius 3 is 2.59 bits per heavy atom. The second-order valence-corrected chi connectivity index (χ2v) is 5.15. The first-order valence-electron chi connectivity index (χ1n) is 5.45. The summed E-state index contributed by atoms with van der Waals surface area (Å²) in [6.07, 6.45) is 2.25. The molecule has 0 aliphatic rings. The maximum Gasteiger partial charge on any atom is 0.325 e. The molecule has 2 amide bonds. The van der Waals surface area contributed by atoms with Crippen LogP contribution >= 0.6 is 0 Å². The van der Waals surface area contributed by atoms with Crippen molar-refractivity contribution in [3.63, 3.8) is 0 Å². The van der Waals surface area contributed by atoms with E-state index in [0.29, 0.717) is 18.8 Å². The average Bonchev–Trinajstić information content (AvgIpc) is 2.24. The molecular weight excluding hydrogens is 244 g/mol. The molecule has 0 rings (SSSR count). The van der Waals surface area contributed by atoms with Gasteiger partial charge in [0, 0.05) is 28.9 Å². The third kappa shape index (κ3) is 9.80. The number of nitrogens with one attached hydrogen (secondary N) is 2. The number of carbonyl (C=O) groups excluding carboxylic acids is 2. The molecule has 17 heavy (non-hydrogen) atoms. The zero-order chi connectivity index (χ0) is 13.3. The Bertz CT molecular complexity index is 283. The van der Waals surface area contributed by atoms with Crippen LogP contribution in [0.25, 0.3) is 0 Å². The normalized spacial score (nSPS) is 13.6. The Kier molecular flexibility index (Phi) is 8.39. The highest BCUT2D eigenvalue weighted by Crippen LogP contribution is 1.92. The Hall–Kier alpha value is -1.11. The molecule has 2 N–H and O–H groups in total. The standard InChI is InChI=1S/C10H20N2O4S/c1-4-16-9(13)7-11-10(14)12-8(2)5-6-17(3)15/h8H,4-7H2,1-3H3,(H2,11,12,14). The lowest BCUT2D eigenvalue weighted by atomic mass is 10.3. The lowest BCUT2D eigenvalue weighted by Crippen LogP contribution is -2.43. The van der Waals surface area contributed by atoms with Gasteiger partial charge in [0.15, 0.2) is 0 Å². The van der Waals surface area contributed by atoms with E-state index in [4.69, 9.17) is 0 Å². The smallest absolute Gasteiger partial charge is 0.325 e. The predicted molar refractivity (Wildman–Crippen MR) is 66.2 cm³/mol. The van der Waals surface area contributed by atoms with Crippen LogP contribution in [0.15, 0.2) is 0 Å². The topological polar surface area (TPSA) is 84.5 Å². The fraction of sp³-hybridized carbons (Fsp3) is 0.800. The van der Waals surface area contributed by atoms with E-state index in [9.17, 15) is 13.8 Å². The van der Waals surface area contributed by atoms with Gasteiger partial charge in [0.25, 0.3) is 0 Å². The van der Waals surface area contributed by atoms with Gasteiger partial charge in [-0.15, -0.1) is 0 Å². The first kappa shape index (κ1) is 15.9. The number of urea groups is 1. The Morgan fingerprint density at radius 2 is 2.06 bits per heavy atom. The number of ether oxygens (including phenoxy) is 1. The maximum absolute atomic E-state index is 11.3. The second kappa shape index (κ2) is 8.98. The van der Waals surface area contributed by atoms with Crippen molar-refractivity contribution in [1.29, 1.82) is 0 Å². The van der Waals surface area contributed by atoms with Gasteiger partial charge < -0.3 is 15.4 Å². The van der Waals surface area contributed by atoms with E-state index in [1.54, 1.807) is 13.2 Å². The Labute approximate surface area is 104 Å². The highest BCUT2D eigenvalue weighted by molar-refractivity contribution is 7.84. The molecule has 2 atom stereocenters. The molecule has 0 aliphatic heterocycles. The molecule has 0 aromatic rings. The van der Waals surface area contributed by atoms with Crippen LogP contribution in [0.4, 0.5) is 4.79 Å². The van der Waals surface area contributed by atoms with Crippen LogP contribution in [-0.2, 0) is 20.3 Å². The number of amides is 2. The van der Waals surface area contributed by atoms with Gasteiger partial charge in [0.1, 0.15) is 6.54 Å². The van der Waals surface area contributed by atoms with Crippen LogP contribution in [0.5, 0.6) is 0 Å². The molecule has 6 nitrogen and oxygen atoms in total. The summed E-state index contributed by atoms with van der Waals surface area (Å²) in [5.74, 6) is 0.0734. The summed E-state index contributed by atoms with van der Waals surface area (Å²) in [4.78, 5) is 22.2. The molecule has 0 saturated carbocycles. The van der Waals surface area contributed by atoms with Gasteiger partial charge in [0.05, 0.1) is 6.61 Å². The monoisotopic (exact) mass is 264 g/mol. The third-order valence-corrected chi connectivity index (χ3v) is 2.73. The van der Waals surface area contributed by atoms with Crippen molar-refractivity contribution in [2.75, 3.05) is 25.2 Å². The molecule has 0 spiro atoms. The van der Waals surface area contributed by atoms with E-state index >= 15 is 0 Å². The van der Waals surface area contributed by atoms with Crippen molar-refractivity contribution < 1.29 is 18.5 Å². The van der Waals surface area contributed by atoms with Crippen molar-refractivity contribution in [3.8, 4) is 0 Å². The van der Waals surface area contributed by atoms with Gasteiger partial charge in [0.2, 0.25) is 0 Å². The quantitative estimate of drug-likeness (QED) is 0.634. The molecule has 0 radical (unpaired) electrons. The first-order valence-corrected chi connectivity index (χ1v) is 7.18. The zero-order valence-corrected chi connectivity index (χ0v) is 11.3. The van der Waals surface area contributed by atoms with Crippen LogP contribution in [0.1, 0.15) is 20.3 Å². The number of rotatable bonds is 7. The van der Waals surface area contributed by atoms with Crippen LogP contribution < -0.4 is 10.6 Å². The van der Waals surface area contributed by atoms with Crippen molar-refractivity contribution in [2.45, 2.75) is 26.3 Å². The number of carbonyl (C=O) groups is 2. The van der Waals surface area contributed by atoms with Crippen molar-refractivity contribution >= 4 is 22.8 Å². The predicted octanol–water partition coefficient (Wildman–Crippen LogP) is 0.00580. The number of hydrogen-bond acceptors (Lipinski definition) is 4. The largest absolute Gasteiger partial charge is 0.465 e.